The molecule has 1 heterocycles. The molecular formula is C8H16N2O4S. The van der Waals surface area contributed by atoms with Crippen molar-refractivity contribution in [3.05, 3.63) is 0 Å². The van der Waals surface area contributed by atoms with Crippen molar-refractivity contribution in [1.82, 2.24) is 9.62 Å². The van der Waals surface area contributed by atoms with E-state index in [9.17, 15) is 13.2 Å². The molecule has 0 bridgehead atoms. The Bertz CT molecular complexity index is 328. The summed E-state index contributed by atoms with van der Waals surface area (Å²) in [5, 5.41) is 10.7. The minimum atomic E-state index is -3.14. The number of piperidine rings is 1. The SMILES string of the molecule is CS(=O)(=O)N1CCCC(CNC(=O)O)C1. The van der Waals surface area contributed by atoms with Gasteiger partial charge in [-0.1, -0.05) is 0 Å². The van der Waals surface area contributed by atoms with Crippen molar-refractivity contribution in [3.63, 3.8) is 0 Å². The predicted molar refractivity (Wildman–Crippen MR) is 55.2 cm³/mol. The molecule has 1 rings (SSSR count). The zero-order valence-electron chi connectivity index (χ0n) is 8.64. The Balaban J connectivity index is 2.46. The van der Waals surface area contributed by atoms with Crippen LogP contribution in [0.5, 0.6) is 0 Å². The molecule has 0 aromatic carbocycles. The van der Waals surface area contributed by atoms with Crippen LogP contribution in [0.3, 0.4) is 0 Å². The van der Waals surface area contributed by atoms with E-state index in [0.717, 1.165) is 12.8 Å². The normalized spacial score (nSPS) is 23.7. The quantitative estimate of drug-likeness (QED) is 0.718. The fourth-order valence-corrected chi connectivity index (χ4v) is 2.67. The minimum absolute atomic E-state index is 0.0876. The molecule has 1 aliphatic rings. The highest BCUT2D eigenvalue weighted by atomic mass is 32.2. The summed E-state index contributed by atoms with van der Waals surface area (Å²) in [5.41, 5.74) is 0. The molecule has 1 unspecified atom stereocenters. The van der Waals surface area contributed by atoms with Crippen LogP contribution < -0.4 is 5.32 Å². The summed E-state index contributed by atoms with van der Waals surface area (Å²) in [5.74, 6) is 0.0876. The van der Waals surface area contributed by atoms with Crippen molar-refractivity contribution >= 4 is 16.1 Å². The first-order valence-corrected chi connectivity index (χ1v) is 6.66. The fourth-order valence-electron chi connectivity index (χ4n) is 1.73. The highest BCUT2D eigenvalue weighted by Gasteiger charge is 2.25. The number of hydrogen-bond acceptors (Lipinski definition) is 3. The monoisotopic (exact) mass is 236 g/mol. The van der Waals surface area contributed by atoms with Crippen molar-refractivity contribution in [1.29, 1.82) is 0 Å². The predicted octanol–water partition coefficient (Wildman–Crippen LogP) is -0.0744. The van der Waals surface area contributed by atoms with Crippen LogP contribution in [-0.4, -0.2) is 49.8 Å². The number of carboxylic acid groups (broad SMARTS) is 1. The topological polar surface area (TPSA) is 86.7 Å². The molecule has 0 aliphatic carbocycles. The van der Waals surface area contributed by atoms with Crippen LogP contribution in [0.2, 0.25) is 0 Å². The molecule has 0 saturated carbocycles. The number of sulfonamides is 1. The molecule has 1 atom stereocenters. The van der Waals surface area contributed by atoms with E-state index in [2.05, 4.69) is 5.32 Å². The zero-order valence-corrected chi connectivity index (χ0v) is 9.46. The Hall–Kier alpha value is -0.820. The van der Waals surface area contributed by atoms with Gasteiger partial charge in [-0.2, -0.15) is 0 Å². The van der Waals surface area contributed by atoms with Gasteiger partial charge in [0.15, 0.2) is 0 Å². The second-order valence-corrected chi connectivity index (χ2v) is 5.80. The van der Waals surface area contributed by atoms with E-state index in [1.54, 1.807) is 0 Å². The van der Waals surface area contributed by atoms with Crippen molar-refractivity contribution in [3.8, 4) is 0 Å². The summed E-state index contributed by atoms with van der Waals surface area (Å²) in [4.78, 5) is 10.3. The van der Waals surface area contributed by atoms with Gasteiger partial charge < -0.3 is 10.4 Å². The van der Waals surface area contributed by atoms with E-state index >= 15 is 0 Å². The summed E-state index contributed by atoms with van der Waals surface area (Å²) >= 11 is 0. The Labute approximate surface area is 89.3 Å². The number of carbonyl (C=O) groups is 1. The Kier molecular flexibility index (Phi) is 3.92. The Morgan fingerprint density at radius 2 is 2.27 bits per heavy atom. The number of hydrogen-bond donors (Lipinski definition) is 2. The molecule has 0 aromatic rings. The molecule has 6 nitrogen and oxygen atoms in total. The van der Waals surface area contributed by atoms with Crippen molar-refractivity contribution in [2.45, 2.75) is 12.8 Å². The van der Waals surface area contributed by atoms with Crippen LogP contribution in [0, 0.1) is 5.92 Å². The summed E-state index contributed by atoms with van der Waals surface area (Å²) in [6.45, 7) is 1.28. The summed E-state index contributed by atoms with van der Waals surface area (Å²) < 4.78 is 23.9. The van der Waals surface area contributed by atoms with Crippen LogP contribution in [0.15, 0.2) is 0 Å². The third-order valence-electron chi connectivity index (χ3n) is 2.49. The van der Waals surface area contributed by atoms with Gasteiger partial charge in [0.2, 0.25) is 10.0 Å². The van der Waals surface area contributed by atoms with E-state index in [4.69, 9.17) is 5.11 Å². The lowest BCUT2D eigenvalue weighted by molar-refractivity contribution is 0.188. The number of nitrogens with one attached hydrogen (secondary N) is 1. The largest absolute Gasteiger partial charge is 0.465 e. The standard InChI is InChI=1S/C8H16N2O4S/c1-15(13,14)10-4-2-3-7(6-10)5-9-8(11)12/h7,9H,2-6H2,1H3,(H,11,12). The van der Waals surface area contributed by atoms with E-state index in [1.807, 2.05) is 0 Å². The molecule has 1 aliphatic heterocycles. The lowest BCUT2D eigenvalue weighted by atomic mass is 10.00. The summed E-state index contributed by atoms with van der Waals surface area (Å²) in [6.07, 6.45) is 1.78. The van der Waals surface area contributed by atoms with Gasteiger partial charge in [-0.05, 0) is 18.8 Å². The maximum Gasteiger partial charge on any atom is 0.404 e. The number of nitrogens with zero attached hydrogens (tertiary/aromatic N) is 1. The Morgan fingerprint density at radius 3 is 2.80 bits per heavy atom. The fraction of sp³-hybridized carbons (Fsp3) is 0.875. The summed E-state index contributed by atoms with van der Waals surface area (Å²) in [6, 6.07) is 0. The summed E-state index contributed by atoms with van der Waals surface area (Å²) in [7, 11) is -3.14. The molecular weight excluding hydrogens is 220 g/mol. The highest BCUT2D eigenvalue weighted by Crippen LogP contribution is 2.17. The maximum atomic E-state index is 11.3. The maximum absolute atomic E-state index is 11.3. The van der Waals surface area contributed by atoms with Gasteiger partial charge in [0.05, 0.1) is 6.26 Å². The smallest absolute Gasteiger partial charge is 0.404 e. The molecule has 7 heteroatoms. The Morgan fingerprint density at radius 1 is 1.60 bits per heavy atom. The highest BCUT2D eigenvalue weighted by molar-refractivity contribution is 7.88. The van der Waals surface area contributed by atoms with Gasteiger partial charge in [-0.3, -0.25) is 0 Å². The second kappa shape index (κ2) is 4.80. The van der Waals surface area contributed by atoms with Crippen LogP contribution in [-0.2, 0) is 10.0 Å². The third kappa shape index (κ3) is 4.05. The van der Waals surface area contributed by atoms with Crippen LogP contribution >= 0.6 is 0 Å². The first kappa shape index (κ1) is 12.3. The lowest BCUT2D eigenvalue weighted by Gasteiger charge is -2.30. The van der Waals surface area contributed by atoms with Crippen molar-refractivity contribution in [2.75, 3.05) is 25.9 Å². The van der Waals surface area contributed by atoms with Gasteiger partial charge in [0.1, 0.15) is 0 Å². The molecule has 1 amide bonds. The molecule has 0 aromatic heterocycles. The van der Waals surface area contributed by atoms with Crippen LogP contribution in [0.1, 0.15) is 12.8 Å². The third-order valence-corrected chi connectivity index (χ3v) is 3.76. The van der Waals surface area contributed by atoms with Gasteiger partial charge in [-0.15, -0.1) is 0 Å². The van der Waals surface area contributed by atoms with Gasteiger partial charge in [0, 0.05) is 19.6 Å². The molecule has 1 saturated heterocycles. The molecule has 0 spiro atoms. The van der Waals surface area contributed by atoms with E-state index < -0.39 is 16.1 Å². The van der Waals surface area contributed by atoms with Gasteiger partial charge in [-0.25, -0.2) is 17.5 Å². The average molecular weight is 236 g/mol. The van der Waals surface area contributed by atoms with Gasteiger partial charge in [0.25, 0.3) is 0 Å². The zero-order chi connectivity index (χ0) is 11.5. The first-order chi connectivity index (χ1) is 6.89. The first-order valence-electron chi connectivity index (χ1n) is 4.81. The molecule has 15 heavy (non-hydrogen) atoms. The molecule has 1 fully saturated rings. The van der Waals surface area contributed by atoms with E-state index in [-0.39, 0.29) is 5.92 Å². The van der Waals surface area contributed by atoms with Gasteiger partial charge >= 0.3 is 6.09 Å². The number of amides is 1. The molecule has 88 valence electrons. The minimum Gasteiger partial charge on any atom is -0.465 e. The van der Waals surface area contributed by atoms with Crippen molar-refractivity contribution < 1.29 is 18.3 Å². The van der Waals surface area contributed by atoms with Crippen LogP contribution in [0.4, 0.5) is 4.79 Å². The average Bonchev–Trinajstić information content (AvgIpc) is 2.14. The molecule has 0 radical (unpaired) electrons. The van der Waals surface area contributed by atoms with Crippen molar-refractivity contribution in [2.24, 2.45) is 5.92 Å². The van der Waals surface area contributed by atoms with E-state index in [1.165, 1.54) is 10.6 Å². The second-order valence-electron chi connectivity index (χ2n) is 3.82. The van der Waals surface area contributed by atoms with E-state index in [0.29, 0.717) is 19.6 Å². The molecule has 2 N–H and O–H groups in total. The van der Waals surface area contributed by atoms with Crippen LogP contribution in [0.25, 0.3) is 0 Å². The lowest BCUT2D eigenvalue weighted by Crippen LogP contribution is -2.43. The number of rotatable bonds is 3.